The van der Waals surface area contributed by atoms with Crippen molar-refractivity contribution in [3.8, 4) is 0 Å². The first-order valence-corrected chi connectivity index (χ1v) is 10.0. The van der Waals surface area contributed by atoms with E-state index in [1.165, 1.54) is 38.4 Å². The molecule has 1 saturated carbocycles. The SMILES string of the molecule is CCC1(CNC(=NC)NCc2cccc(NC(=O)c3ccco3)c2)CCCC1. The largest absolute Gasteiger partial charge is 0.459 e. The first-order chi connectivity index (χ1) is 13.6. The minimum atomic E-state index is -0.256. The van der Waals surface area contributed by atoms with Crippen LogP contribution in [0.3, 0.4) is 0 Å². The highest BCUT2D eigenvalue weighted by atomic mass is 16.3. The van der Waals surface area contributed by atoms with E-state index in [1.54, 1.807) is 19.2 Å². The molecule has 0 bridgehead atoms. The topological polar surface area (TPSA) is 78.7 Å². The van der Waals surface area contributed by atoms with Crippen molar-refractivity contribution in [1.29, 1.82) is 0 Å². The lowest BCUT2D eigenvalue weighted by atomic mass is 9.83. The third-order valence-electron chi connectivity index (χ3n) is 5.66. The zero-order valence-electron chi connectivity index (χ0n) is 16.8. The standard InChI is InChI=1S/C22H30N4O2/c1-3-22(11-4-5-12-22)16-25-21(23-2)24-15-17-8-6-9-18(14-17)26-20(27)19-10-7-13-28-19/h6-10,13-14H,3-5,11-12,15-16H2,1-2H3,(H,26,27)(H2,23,24,25). The number of hydrogen-bond donors (Lipinski definition) is 3. The van der Waals surface area contributed by atoms with E-state index >= 15 is 0 Å². The molecule has 0 unspecified atom stereocenters. The summed E-state index contributed by atoms with van der Waals surface area (Å²) in [5.41, 5.74) is 2.21. The molecule has 3 rings (SSSR count). The quantitative estimate of drug-likeness (QED) is 0.496. The molecule has 28 heavy (non-hydrogen) atoms. The fourth-order valence-corrected chi connectivity index (χ4v) is 3.82. The average molecular weight is 383 g/mol. The molecule has 1 aliphatic carbocycles. The third-order valence-corrected chi connectivity index (χ3v) is 5.66. The molecule has 1 aromatic heterocycles. The molecule has 2 aromatic rings. The number of rotatable bonds is 7. The summed E-state index contributed by atoms with van der Waals surface area (Å²) in [4.78, 5) is 16.5. The Morgan fingerprint density at radius 2 is 2.00 bits per heavy atom. The highest BCUT2D eigenvalue weighted by molar-refractivity contribution is 6.02. The van der Waals surface area contributed by atoms with Crippen LogP contribution in [0.25, 0.3) is 0 Å². The molecule has 0 saturated heterocycles. The van der Waals surface area contributed by atoms with Crippen LogP contribution >= 0.6 is 0 Å². The molecule has 3 N–H and O–H groups in total. The lowest BCUT2D eigenvalue weighted by Crippen LogP contribution is -2.42. The average Bonchev–Trinajstić information content (AvgIpc) is 3.41. The number of nitrogens with one attached hydrogen (secondary N) is 3. The zero-order valence-corrected chi connectivity index (χ0v) is 16.8. The van der Waals surface area contributed by atoms with Crippen molar-refractivity contribution in [3.05, 3.63) is 54.0 Å². The van der Waals surface area contributed by atoms with Gasteiger partial charge in [-0.05, 0) is 54.5 Å². The van der Waals surface area contributed by atoms with E-state index in [0.29, 0.717) is 17.7 Å². The first-order valence-electron chi connectivity index (χ1n) is 10.0. The van der Waals surface area contributed by atoms with Gasteiger partial charge in [-0.15, -0.1) is 0 Å². The number of aliphatic imine (C=N–C) groups is 1. The summed E-state index contributed by atoms with van der Waals surface area (Å²) >= 11 is 0. The summed E-state index contributed by atoms with van der Waals surface area (Å²) in [6, 6.07) is 11.1. The summed E-state index contributed by atoms with van der Waals surface area (Å²) in [6.45, 7) is 3.87. The van der Waals surface area contributed by atoms with Crippen LogP contribution in [0.4, 0.5) is 5.69 Å². The Labute approximate surface area is 166 Å². The number of benzene rings is 1. The van der Waals surface area contributed by atoms with E-state index in [2.05, 4.69) is 27.9 Å². The molecule has 0 aliphatic heterocycles. The minimum absolute atomic E-state index is 0.256. The van der Waals surface area contributed by atoms with Crippen LogP contribution in [0.2, 0.25) is 0 Å². The lowest BCUT2D eigenvalue weighted by molar-refractivity contribution is 0.0996. The summed E-state index contributed by atoms with van der Waals surface area (Å²) in [5.74, 6) is 0.851. The van der Waals surface area contributed by atoms with Gasteiger partial charge in [-0.1, -0.05) is 31.9 Å². The molecule has 0 radical (unpaired) electrons. The second kappa shape index (κ2) is 9.44. The Hall–Kier alpha value is -2.76. The van der Waals surface area contributed by atoms with Crippen molar-refractivity contribution in [2.75, 3.05) is 18.9 Å². The van der Waals surface area contributed by atoms with Crippen LogP contribution in [-0.2, 0) is 6.54 Å². The molecule has 150 valence electrons. The molecule has 6 heteroatoms. The molecular formula is C22H30N4O2. The molecule has 1 aromatic carbocycles. The van der Waals surface area contributed by atoms with Crippen molar-refractivity contribution >= 4 is 17.6 Å². The van der Waals surface area contributed by atoms with Gasteiger partial charge in [0, 0.05) is 25.8 Å². The Bertz CT molecular complexity index is 793. The van der Waals surface area contributed by atoms with Crippen molar-refractivity contribution < 1.29 is 9.21 Å². The van der Waals surface area contributed by atoms with Gasteiger partial charge < -0.3 is 20.4 Å². The number of nitrogens with zero attached hydrogens (tertiary/aromatic N) is 1. The predicted molar refractivity (Wildman–Crippen MR) is 112 cm³/mol. The van der Waals surface area contributed by atoms with Gasteiger partial charge in [-0.2, -0.15) is 0 Å². The van der Waals surface area contributed by atoms with E-state index < -0.39 is 0 Å². The fourth-order valence-electron chi connectivity index (χ4n) is 3.82. The van der Waals surface area contributed by atoms with Gasteiger partial charge in [-0.3, -0.25) is 9.79 Å². The maximum absolute atomic E-state index is 12.1. The van der Waals surface area contributed by atoms with Crippen LogP contribution in [-0.4, -0.2) is 25.5 Å². The molecule has 0 spiro atoms. The minimum Gasteiger partial charge on any atom is -0.459 e. The molecule has 1 amide bonds. The van der Waals surface area contributed by atoms with Crippen LogP contribution in [0.1, 0.15) is 55.1 Å². The molecule has 6 nitrogen and oxygen atoms in total. The summed E-state index contributed by atoms with van der Waals surface area (Å²) in [7, 11) is 1.79. The van der Waals surface area contributed by atoms with E-state index in [4.69, 9.17) is 4.42 Å². The Balaban J connectivity index is 1.52. The molecule has 1 aliphatic rings. The molecule has 1 heterocycles. The van der Waals surface area contributed by atoms with Crippen molar-refractivity contribution in [1.82, 2.24) is 10.6 Å². The maximum Gasteiger partial charge on any atom is 0.291 e. The van der Waals surface area contributed by atoms with E-state index in [9.17, 15) is 4.79 Å². The smallest absolute Gasteiger partial charge is 0.291 e. The highest BCUT2D eigenvalue weighted by Gasteiger charge is 2.31. The van der Waals surface area contributed by atoms with E-state index in [0.717, 1.165) is 23.8 Å². The van der Waals surface area contributed by atoms with Crippen LogP contribution in [0.5, 0.6) is 0 Å². The Kier molecular flexibility index (Phi) is 6.74. The second-order valence-electron chi connectivity index (χ2n) is 7.47. The van der Waals surface area contributed by atoms with Crippen molar-refractivity contribution in [3.63, 3.8) is 0 Å². The Morgan fingerprint density at radius 1 is 1.18 bits per heavy atom. The van der Waals surface area contributed by atoms with Gasteiger partial charge >= 0.3 is 0 Å². The lowest BCUT2D eigenvalue weighted by Gasteiger charge is -2.28. The first kappa shape index (κ1) is 20.0. The van der Waals surface area contributed by atoms with Gasteiger partial charge in [0.2, 0.25) is 0 Å². The number of hydrogen-bond acceptors (Lipinski definition) is 3. The maximum atomic E-state index is 12.1. The van der Waals surface area contributed by atoms with Crippen LogP contribution in [0.15, 0.2) is 52.1 Å². The number of anilines is 1. The summed E-state index contributed by atoms with van der Waals surface area (Å²) in [5, 5.41) is 9.72. The van der Waals surface area contributed by atoms with Gasteiger partial charge in [0.05, 0.1) is 6.26 Å². The fraction of sp³-hybridized carbons (Fsp3) is 0.455. The van der Waals surface area contributed by atoms with Crippen LogP contribution < -0.4 is 16.0 Å². The zero-order chi connectivity index (χ0) is 19.8. The molecular weight excluding hydrogens is 352 g/mol. The van der Waals surface area contributed by atoms with E-state index in [-0.39, 0.29) is 5.91 Å². The number of carbonyl (C=O) groups excluding carboxylic acids is 1. The summed E-state index contributed by atoms with van der Waals surface area (Å²) in [6.07, 6.45) is 7.95. The van der Waals surface area contributed by atoms with Crippen molar-refractivity contribution in [2.24, 2.45) is 10.4 Å². The van der Waals surface area contributed by atoms with Gasteiger partial charge in [0.25, 0.3) is 5.91 Å². The summed E-state index contributed by atoms with van der Waals surface area (Å²) < 4.78 is 5.13. The second-order valence-corrected chi connectivity index (χ2v) is 7.47. The van der Waals surface area contributed by atoms with Gasteiger partial charge in [0.1, 0.15) is 0 Å². The molecule has 1 fully saturated rings. The van der Waals surface area contributed by atoms with Crippen LogP contribution in [0, 0.1) is 5.41 Å². The molecule has 0 atom stereocenters. The van der Waals surface area contributed by atoms with Gasteiger partial charge in [-0.25, -0.2) is 0 Å². The van der Waals surface area contributed by atoms with Gasteiger partial charge in [0.15, 0.2) is 11.7 Å². The third kappa shape index (κ3) is 5.15. The number of carbonyl (C=O) groups is 1. The normalized spacial score (nSPS) is 16.0. The number of guanidine groups is 1. The Morgan fingerprint density at radius 3 is 2.68 bits per heavy atom. The number of amides is 1. The number of furan rings is 1. The van der Waals surface area contributed by atoms with Crippen molar-refractivity contribution in [2.45, 2.75) is 45.6 Å². The highest BCUT2D eigenvalue weighted by Crippen LogP contribution is 2.40. The monoisotopic (exact) mass is 382 g/mol. The van der Waals surface area contributed by atoms with E-state index in [1.807, 2.05) is 24.3 Å². The predicted octanol–water partition coefficient (Wildman–Crippen LogP) is 4.17.